The highest BCUT2D eigenvalue weighted by atomic mass is 16.5. The first-order valence-corrected chi connectivity index (χ1v) is 9.41. The van der Waals surface area contributed by atoms with Gasteiger partial charge in [0, 0.05) is 18.9 Å². The topological polar surface area (TPSA) is 63.2 Å². The number of hydrogen-bond acceptors (Lipinski definition) is 4. The number of nitrogens with zero attached hydrogens (tertiary/aromatic N) is 1. The number of hydrogen-bond donors (Lipinski definition) is 2. The first-order chi connectivity index (χ1) is 13.6. The van der Waals surface area contributed by atoms with Gasteiger partial charge in [-0.2, -0.15) is 0 Å². The molecule has 5 heteroatoms. The standard InChI is InChI=1S/C23H25N3O2/c1-17(2)28-22-11-7-6-10-21(22)26-23(27)19-14-20(16-24-15-19)25-13-12-18-8-4-3-5-9-18/h3-11,14-17,25H,12-13H2,1-2H3,(H,26,27). The third-order valence-corrected chi connectivity index (χ3v) is 4.08. The number of anilines is 2. The van der Waals surface area contributed by atoms with Crippen LogP contribution in [0.25, 0.3) is 0 Å². The molecule has 0 atom stereocenters. The number of amides is 1. The van der Waals surface area contributed by atoms with Crippen molar-refractivity contribution in [3.05, 3.63) is 84.2 Å². The minimum Gasteiger partial charge on any atom is -0.489 e. The van der Waals surface area contributed by atoms with Crippen LogP contribution in [0, 0.1) is 0 Å². The second-order valence-electron chi connectivity index (χ2n) is 6.74. The van der Waals surface area contributed by atoms with Gasteiger partial charge in [0.05, 0.1) is 23.0 Å². The lowest BCUT2D eigenvalue weighted by Crippen LogP contribution is -2.15. The molecule has 0 bridgehead atoms. The van der Waals surface area contributed by atoms with Crippen LogP contribution in [0.5, 0.6) is 5.75 Å². The van der Waals surface area contributed by atoms with E-state index in [2.05, 4.69) is 27.8 Å². The zero-order chi connectivity index (χ0) is 19.8. The zero-order valence-corrected chi connectivity index (χ0v) is 16.2. The average Bonchev–Trinajstić information content (AvgIpc) is 2.70. The molecule has 0 saturated carbocycles. The molecule has 2 aromatic carbocycles. The number of rotatable bonds is 8. The molecule has 3 aromatic rings. The minimum atomic E-state index is -0.223. The van der Waals surface area contributed by atoms with E-state index in [-0.39, 0.29) is 12.0 Å². The monoisotopic (exact) mass is 375 g/mol. The van der Waals surface area contributed by atoms with E-state index in [9.17, 15) is 4.79 Å². The fourth-order valence-corrected chi connectivity index (χ4v) is 2.78. The summed E-state index contributed by atoms with van der Waals surface area (Å²) < 4.78 is 5.76. The number of carbonyl (C=O) groups is 1. The molecular formula is C23H25N3O2. The Morgan fingerprint density at radius 2 is 1.79 bits per heavy atom. The Labute approximate surface area is 165 Å². The van der Waals surface area contributed by atoms with Crippen LogP contribution in [0.15, 0.2) is 73.1 Å². The fourth-order valence-electron chi connectivity index (χ4n) is 2.78. The smallest absolute Gasteiger partial charge is 0.257 e. The van der Waals surface area contributed by atoms with Gasteiger partial charge in [0.2, 0.25) is 0 Å². The second-order valence-corrected chi connectivity index (χ2v) is 6.74. The molecule has 0 aliphatic carbocycles. The highest BCUT2D eigenvalue weighted by Gasteiger charge is 2.11. The van der Waals surface area contributed by atoms with Crippen LogP contribution in [0.1, 0.15) is 29.8 Å². The minimum absolute atomic E-state index is 0.0249. The Morgan fingerprint density at radius 3 is 2.57 bits per heavy atom. The maximum atomic E-state index is 12.7. The number of benzene rings is 2. The van der Waals surface area contributed by atoms with E-state index in [1.165, 1.54) is 5.56 Å². The van der Waals surface area contributed by atoms with Gasteiger partial charge >= 0.3 is 0 Å². The molecule has 0 fully saturated rings. The maximum absolute atomic E-state index is 12.7. The number of pyridine rings is 1. The van der Waals surface area contributed by atoms with Crippen molar-refractivity contribution in [1.82, 2.24) is 4.98 Å². The Hall–Kier alpha value is -3.34. The summed E-state index contributed by atoms with van der Waals surface area (Å²) in [4.78, 5) is 16.9. The summed E-state index contributed by atoms with van der Waals surface area (Å²) in [5.74, 6) is 0.426. The number of nitrogens with one attached hydrogen (secondary N) is 2. The second kappa shape index (κ2) is 9.55. The lowest BCUT2D eigenvalue weighted by Gasteiger charge is -2.15. The van der Waals surface area contributed by atoms with Crippen molar-refractivity contribution < 1.29 is 9.53 Å². The van der Waals surface area contributed by atoms with Gasteiger partial charge in [0.1, 0.15) is 5.75 Å². The van der Waals surface area contributed by atoms with Gasteiger partial charge in [-0.15, -0.1) is 0 Å². The molecular weight excluding hydrogens is 350 g/mol. The molecule has 0 spiro atoms. The molecule has 3 rings (SSSR count). The quantitative estimate of drug-likeness (QED) is 0.595. The highest BCUT2D eigenvalue weighted by molar-refractivity contribution is 6.05. The molecule has 1 aromatic heterocycles. The summed E-state index contributed by atoms with van der Waals surface area (Å²) in [5, 5.41) is 6.23. The van der Waals surface area contributed by atoms with E-state index in [0.717, 1.165) is 18.7 Å². The van der Waals surface area contributed by atoms with E-state index in [0.29, 0.717) is 17.0 Å². The molecule has 0 radical (unpaired) electrons. The Balaban J connectivity index is 1.62. The molecule has 144 valence electrons. The van der Waals surface area contributed by atoms with Crippen LogP contribution in [0.3, 0.4) is 0 Å². The summed E-state index contributed by atoms with van der Waals surface area (Å²) >= 11 is 0. The largest absolute Gasteiger partial charge is 0.489 e. The van der Waals surface area contributed by atoms with E-state index < -0.39 is 0 Å². The van der Waals surface area contributed by atoms with Crippen molar-refractivity contribution in [2.75, 3.05) is 17.2 Å². The molecule has 1 amide bonds. The molecule has 0 aliphatic heterocycles. The first-order valence-electron chi connectivity index (χ1n) is 9.41. The van der Waals surface area contributed by atoms with E-state index in [1.54, 1.807) is 18.5 Å². The summed E-state index contributed by atoms with van der Waals surface area (Å²) in [6.07, 6.45) is 4.20. The van der Waals surface area contributed by atoms with Crippen molar-refractivity contribution in [3.8, 4) is 5.75 Å². The Bertz CT molecular complexity index is 910. The summed E-state index contributed by atoms with van der Waals surface area (Å²) in [7, 11) is 0. The van der Waals surface area contributed by atoms with Crippen LogP contribution in [-0.2, 0) is 6.42 Å². The van der Waals surface area contributed by atoms with Gasteiger partial charge in [-0.25, -0.2) is 0 Å². The third-order valence-electron chi connectivity index (χ3n) is 4.08. The molecule has 1 heterocycles. The van der Waals surface area contributed by atoms with Gasteiger partial charge in [-0.3, -0.25) is 9.78 Å². The number of aromatic nitrogens is 1. The highest BCUT2D eigenvalue weighted by Crippen LogP contribution is 2.25. The summed E-state index contributed by atoms with van der Waals surface area (Å²) in [5.41, 5.74) is 3.21. The van der Waals surface area contributed by atoms with Crippen molar-refractivity contribution in [2.24, 2.45) is 0 Å². The van der Waals surface area contributed by atoms with Crippen LogP contribution in [-0.4, -0.2) is 23.5 Å². The first kappa shape index (κ1) is 19.4. The summed E-state index contributed by atoms with van der Waals surface area (Å²) in [6, 6.07) is 19.5. The van der Waals surface area contributed by atoms with Crippen LogP contribution in [0.4, 0.5) is 11.4 Å². The van der Waals surface area contributed by atoms with Crippen molar-refractivity contribution in [2.45, 2.75) is 26.4 Å². The number of para-hydroxylation sites is 2. The van der Waals surface area contributed by atoms with E-state index in [1.807, 2.05) is 56.3 Å². The van der Waals surface area contributed by atoms with Crippen LogP contribution < -0.4 is 15.4 Å². The van der Waals surface area contributed by atoms with Gasteiger partial charge in [0.25, 0.3) is 5.91 Å². The van der Waals surface area contributed by atoms with Crippen LogP contribution >= 0.6 is 0 Å². The molecule has 0 unspecified atom stereocenters. The predicted octanol–water partition coefficient (Wildman–Crippen LogP) is 4.78. The molecule has 0 saturated heterocycles. The van der Waals surface area contributed by atoms with Gasteiger partial charge < -0.3 is 15.4 Å². The normalized spacial score (nSPS) is 10.5. The fraction of sp³-hybridized carbons (Fsp3) is 0.217. The van der Waals surface area contributed by atoms with Gasteiger partial charge in [-0.1, -0.05) is 42.5 Å². The zero-order valence-electron chi connectivity index (χ0n) is 16.2. The number of ether oxygens (including phenoxy) is 1. The molecule has 28 heavy (non-hydrogen) atoms. The molecule has 5 nitrogen and oxygen atoms in total. The molecule has 2 N–H and O–H groups in total. The van der Waals surface area contributed by atoms with Crippen molar-refractivity contribution in [3.63, 3.8) is 0 Å². The van der Waals surface area contributed by atoms with Crippen LogP contribution in [0.2, 0.25) is 0 Å². The Kier molecular flexibility index (Phi) is 6.63. The van der Waals surface area contributed by atoms with Crippen molar-refractivity contribution >= 4 is 17.3 Å². The predicted molar refractivity (Wildman–Crippen MR) is 113 cm³/mol. The lowest BCUT2D eigenvalue weighted by molar-refractivity contribution is 0.102. The average molecular weight is 375 g/mol. The van der Waals surface area contributed by atoms with Gasteiger partial charge in [-0.05, 0) is 44.0 Å². The van der Waals surface area contributed by atoms with Crippen molar-refractivity contribution in [1.29, 1.82) is 0 Å². The summed E-state index contributed by atoms with van der Waals surface area (Å²) in [6.45, 7) is 4.67. The maximum Gasteiger partial charge on any atom is 0.257 e. The van der Waals surface area contributed by atoms with Gasteiger partial charge in [0.15, 0.2) is 0 Å². The Morgan fingerprint density at radius 1 is 1.04 bits per heavy atom. The van der Waals surface area contributed by atoms with E-state index >= 15 is 0 Å². The third kappa shape index (κ3) is 5.58. The molecule has 0 aliphatic rings. The van der Waals surface area contributed by atoms with E-state index in [4.69, 9.17) is 4.74 Å². The SMILES string of the molecule is CC(C)Oc1ccccc1NC(=O)c1cncc(NCCc2ccccc2)c1. The number of carbonyl (C=O) groups excluding carboxylic acids is 1. The lowest BCUT2D eigenvalue weighted by atomic mass is 10.1.